The minimum Gasteiger partial charge on any atom is -0.310 e. The predicted octanol–water partition coefficient (Wildman–Crippen LogP) is 3.27. The molecule has 4 heteroatoms. The number of halogens is 2. The molecule has 112 valence electrons. The van der Waals surface area contributed by atoms with Crippen molar-refractivity contribution < 1.29 is 8.78 Å². The highest BCUT2D eigenvalue weighted by Crippen LogP contribution is 2.37. The average molecular weight is 274 g/mol. The third-order valence-corrected chi connectivity index (χ3v) is 4.94. The van der Waals surface area contributed by atoms with E-state index in [-0.39, 0.29) is 17.5 Å². The highest BCUT2D eigenvalue weighted by atomic mass is 19.3. The second-order valence-electron chi connectivity index (χ2n) is 7.38. The standard InChI is InChI=1S/C15H28F2N2/c1-14(2,3)12-9-19(10-13(16)17)15(11-18-12)7-5-4-6-8-15/h12-13,18H,4-11H2,1-3H3. The molecule has 0 amide bonds. The van der Waals surface area contributed by atoms with Gasteiger partial charge in [0.25, 0.3) is 6.43 Å². The first-order valence-electron chi connectivity index (χ1n) is 7.60. The average Bonchev–Trinajstić information content (AvgIpc) is 2.31. The summed E-state index contributed by atoms with van der Waals surface area (Å²) in [6.07, 6.45) is 3.54. The van der Waals surface area contributed by atoms with Crippen molar-refractivity contribution >= 4 is 0 Å². The smallest absolute Gasteiger partial charge is 0.251 e. The summed E-state index contributed by atoms with van der Waals surface area (Å²) < 4.78 is 25.8. The Balaban J connectivity index is 2.11. The van der Waals surface area contributed by atoms with Crippen LogP contribution < -0.4 is 5.32 Å². The molecule has 1 saturated carbocycles. The van der Waals surface area contributed by atoms with Gasteiger partial charge in [0.15, 0.2) is 0 Å². The third-order valence-electron chi connectivity index (χ3n) is 4.94. The fraction of sp³-hybridized carbons (Fsp3) is 1.00. The van der Waals surface area contributed by atoms with Gasteiger partial charge in [-0.15, -0.1) is 0 Å². The van der Waals surface area contributed by atoms with Crippen molar-refractivity contribution in [2.45, 2.75) is 70.9 Å². The zero-order chi connectivity index (χ0) is 14.1. The fourth-order valence-corrected chi connectivity index (χ4v) is 3.62. The lowest BCUT2D eigenvalue weighted by Crippen LogP contribution is -2.68. The van der Waals surface area contributed by atoms with Gasteiger partial charge in [0.2, 0.25) is 0 Å². The molecule has 0 aromatic carbocycles. The molecule has 1 spiro atoms. The summed E-state index contributed by atoms with van der Waals surface area (Å²) in [5, 5.41) is 3.64. The molecule has 1 atom stereocenters. The maximum atomic E-state index is 12.9. The van der Waals surface area contributed by atoms with Crippen LogP contribution in [-0.2, 0) is 0 Å². The molecule has 1 aliphatic heterocycles. The van der Waals surface area contributed by atoms with Gasteiger partial charge in [-0.1, -0.05) is 40.0 Å². The van der Waals surface area contributed by atoms with Crippen molar-refractivity contribution in [2.24, 2.45) is 5.41 Å². The van der Waals surface area contributed by atoms with E-state index in [1.54, 1.807) is 0 Å². The van der Waals surface area contributed by atoms with E-state index in [4.69, 9.17) is 0 Å². The van der Waals surface area contributed by atoms with Crippen molar-refractivity contribution in [3.63, 3.8) is 0 Å². The Kier molecular flexibility index (Phi) is 4.51. The Bertz CT molecular complexity index is 293. The quantitative estimate of drug-likeness (QED) is 0.831. The maximum Gasteiger partial charge on any atom is 0.251 e. The lowest BCUT2D eigenvalue weighted by atomic mass is 9.75. The van der Waals surface area contributed by atoms with Crippen LogP contribution in [0.5, 0.6) is 0 Å². The van der Waals surface area contributed by atoms with Crippen LogP contribution in [0.4, 0.5) is 8.78 Å². The van der Waals surface area contributed by atoms with Gasteiger partial charge < -0.3 is 5.32 Å². The minimum absolute atomic E-state index is 0.00354. The topological polar surface area (TPSA) is 15.3 Å². The Morgan fingerprint density at radius 2 is 1.84 bits per heavy atom. The van der Waals surface area contributed by atoms with Crippen molar-refractivity contribution in [1.82, 2.24) is 10.2 Å². The van der Waals surface area contributed by atoms with Crippen LogP contribution in [0.1, 0.15) is 52.9 Å². The summed E-state index contributed by atoms with van der Waals surface area (Å²) in [5.74, 6) is 0. The highest BCUT2D eigenvalue weighted by Gasteiger charge is 2.45. The van der Waals surface area contributed by atoms with E-state index in [1.165, 1.54) is 19.3 Å². The van der Waals surface area contributed by atoms with Gasteiger partial charge in [-0.2, -0.15) is 0 Å². The number of nitrogens with one attached hydrogen (secondary N) is 1. The number of rotatable bonds is 2. The molecule has 2 aliphatic rings. The second kappa shape index (κ2) is 5.65. The summed E-state index contributed by atoms with van der Waals surface area (Å²) in [6.45, 7) is 8.13. The van der Waals surface area contributed by atoms with Gasteiger partial charge in [0.05, 0.1) is 6.54 Å². The maximum absolute atomic E-state index is 12.9. The zero-order valence-corrected chi connectivity index (χ0v) is 12.5. The van der Waals surface area contributed by atoms with Gasteiger partial charge in [-0.05, 0) is 18.3 Å². The molecule has 1 saturated heterocycles. The Hall–Kier alpha value is -0.220. The summed E-state index contributed by atoms with van der Waals surface area (Å²) in [7, 11) is 0. The zero-order valence-electron chi connectivity index (χ0n) is 12.5. The van der Waals surface area contributed by atoms with E-state index in [1.807, 2.05) is 0 Å². The fourth-order valence-electron chi connectivity index (χ4n) is 3.62. The lowest BCUT2D eigenvalue weighted by Gasteiger charge is -2.54. The summed E-state index contributed by atoms with van der Waals surface area (Å²) in [4.78, 5) is 2.10. The van der Waals surface area contributed by atoms with Gasteiger partial charge in [-0.3, -0.25) is 4.90 Å². The molecule has 0 aromatic heterocycles. The normalized spacial score (nSPS) is 29.1. The first-order valence-corrected chi connectivity index (χ1v) is 7.60. The number of piperazine rings is 1. The van der Waals surface area contributed by atoms with Crippen LogP contribution in [0.15, 0.2) is 0 Å². The molecule has 19 heavy (non-hydrogen) atoms. The van der Waals surface area contributed by atoms with Crippen LogP contribution in [0.3, 0.4) is 0 Å². The Morgan fingerprint density at radius 1 is 1.21 bits per heavy atom. The molecule has 1 aliphatic carbocycles. The molecular weight excluding hydrogens is 246 g/mol. The number of hydrogen-bond donors (Lipinski definition) is 1. The predicted molar refractivity (Wildman–Crippen MR) is 74.6 cm³/mol. The SMILES string of the molecule is CC(C)(C)C1CN(CC(F)F)C2(CCCCC2)CN1. The van der Waals surface area contributed by atoms with E-state index in [9.17, 15) is 8.78 Å². The van der Waals surface area contributed by atoms with Crippen molar-refractivity contribution in [2.75, 3.05) is 19.6 Å². The second-order valence-corrected chi connectivity index (χ2v) is 7.38. The van der Waals surface area contributed by atoms with Crippen LogP contribution in [0.2, 0.25) is 0 Å². The van der Waals surface area contributed by atoms with Gasteiger partial charge in [-0.25, -0.2) is 8.78 Å². The van der Waals surface area contributed by atoms with Gasteiger partial charge in [0.1, 0.15) is 0 Å². The highest BCUT2D eigenvalue weighted by molar-refractivity contribution is 5.02. The van der Waals surface area contributed by atoms with Gasteiger partial charge in [0, 0.05) is 24.7 Å². The number of alkyl halides is 2. The molecule has 1 heterocycles. The third kappa shape index (κ3) is 3.46. The van der Waals surface area contributed by atoms with Gasteiger partial charge >= 0.3 is 0 Å². The Morgan fingerprint density at radius 3 is 2.37 bits per heavy atom. The molecular formula is C15H28F2N2. The molecule has 0 aromatic rings. The number of nitrogens with zero attached hydrogens (tertiary/aromatic N) is 1. The monoisotopic (exact) mass is 274 g/mol. The van der Waals surface area contributed by atoms with Crippen molar-refractivity contribution in [3.8, 4) is 0 Å². The largest absolute Gasteiger partial charge is 0.310 e. The molecule has 0 radical (unpaired) electrons. The summed E-state index contributed by atoms with van der Waals surface area (Å²) in [5.41, 5.74) is 0.118. The van der Waals surface area contributed by atoms with Crippen LogP contribution >= 0.6 is 0 Å². The van der Waals surface area contributed by atoms with E-state index >= 15 is 0 Å². The molecule has 2 rings (SSSR count). The van der Waals surface area contributed by atoms with Crippen LogP contribution in [0, 0.1) is 5.41 Å². The first-order chi connectivity index (χ1) is 8.83. The lowest BCUT2D eigenvalue weighted by molar-refractivity contribution is -0.0424. The molecule has 1 N–H and O–H groups in total. The number of hydrogen-bond acceptors (Lipinski definition) is 2. The summed E-state index contributed by atoms with van der Waals surface area (Å²) in [6, 6.07) is 0.304. The molecule has 2 nitrogen and oxygen atoms in total. The van der Waals surface area contributed by atoms with Crippen molar-refractivity contribution in [3.05, 3.63) is 0 Å². The van der Waals surface area contributed by atoms with Crippen LogP contribution in [-0.4, -0.2) is 42.5 Å². The van der Waals surface area contributed by atoms with E-state index < -0.39 is 6.43 Å². The van der Waals surface area contributed by atoms with E-state index in [0.717, 1.165) is 25.9 Å². The van der Waals surface area contributed by atoms with Crippen molar-refractivity contribution in [1.29, 1.82) is 0 Å². The molecule has 2 fully saturated rings. The summed E-state index contributed by atoms with van der Waals surface area (Å²) >= 11 is 0. The van der Waals surface area contributed by atoms with E-state index in [2.05, 4.69) is 31.0 Å². The minimum atomic E-state index is -2.22. The molecule has 1 unspecified atom stereocenters. The molecule has 0 bridgehead atoms. The van der Waals surface area contributed by atoms with Crippen LogP contribution in [0.25, 0.3) is 0 Å². The Labute approximate surface area is 115 Å². The first kappa shape index (κ1) is 15.2. The van der Waals surface area contributed by atoms with E-state index in [0.29, 0.717) is 6.04 Å².